The standard InChI is InChI=1S/C12H20N4O/c1-8-9(2)15-10(6-13-8)14-7-11(17)16-12(3,4)5/h6H,7H2,1-5H3,(H,14,15)(H,16,17). The van der Waals surface area contributed by atoms with Gasteiger partial charge in [-0.2, -0.15) is 0 Å². The van der Waals surface area contributed by atoms with Crippen LogP contribution in [0.4, 0.5) is 5.82 Å². The molecule has 0 aliphatic carbocycles. The molecule has 0 aromatic carbocycles. The fourth-order valence-electron chi connectivity index (χ4n) is 1.26. The topological polar surface area (TPSA) is 66.9 Å². The Hall–Kier alpha value is -1.65. The first-order valence-electron chi connectivity index (χ1n) is 5.63. The first-order valence-corrected chi connectivity index (χ1v) is 5.63. The molecule has 0 saturated carbocycles. The molecule has 0 fully saturated rings. The Morgan fingerprint density at radius 1 is 1.29 bits per heavy atom. The third-order valence-corrected chi connectivity index (χ3v) is 2.14. The molecule has 5 nitrogen and oxygen atoms in total. The first-order chi connectivity index (χ1) is 7.78. The van der Waals surface area contributed by atoms with Gasteiger partial charge in [-0.1, -0.05) is 0 Å². The van der Waals surface area contributed by atoms with E-state index in [9.17, 15) is 4.79 Å². The second-order valence-electron chi connectivity index (χ2n) is 5.08. The average Bonchev–Trinajstić information content (AvgIpc) is 2.17. The third-order valence-electron chi connectivity index (χ3n) is 2.14. The van der Waals surface area contributed by atoms with E-state index in [1.807, 2.05) is 34.6 Å². The lowest BCUT2D eigenvalue weighted by atomic mass is 10.1. The van der Waals surface area contributed by atoms with Crippen molar-refractivity contribution in [2.75, 3.05) is 11.9 Å². The number of hydrogen-bond donors (Lipinski definition) is 2. The Morgan fingerprint density at radius 3 is 2.47 bits per heavy atom. The first kappa shape index (κ1) is 13.4. The van der Waals surface area contributed by atoms with Crippen molar-refractivity contribution in [3.05, 3.63) is 17.6 Å². The largest absolute Gasteiger partial charge is 0.360 e. The molecule has 2 N–H and O–H groups in total. The smallest absolute Gasteiger partial charge is 0.239 e. The van der Waals surface area contributed by atoms with E-state index in [1.165, 1.54) is 0 Å². The summed E-state index contributed by atoms with van der Waals surface area (Å²) in [4.78, 5) is 20.0. The van der Waals surface area contributed by atoms with Gasteiger partial charge in [-0.25, -0.2) is 4.98 Å². The molecular formula is C12H20N4O. The van der Waals surface area contributed by atoms with Gasteiger partial charge < -0.3 is 10.6 Å². The van der Waals surface area contributed by atoms with Crippen molar-refractivity contribution in [2.24, 2.45) is 0 Å². The summed E-state index contributed by atoms with van der Waals surface area (Å²) in [6.45, 7) is 9.83. The van der Waals surface area contributed by atoms with Crippen LogP contribution < -0.4 is 10.6 Å². The van der Waals surface area contributed by atoms with Crippen LogP contribution in [-0.2, 0) is 4.79 Å². The monoisotopic (exact) mass is 236 g/mol. The molecule has 1 heterocycles. The van der Waals surface area contributed by atoms with Gasteiger partial charge in [0.05, 0.1) is 24.1 Å². The minimum Gasteiger partial charge on any atom is -0.360 e. The van der Waals surface area contributed by atoms with E-state index < -0.39 is 0 Å². The number of nitrogens with one attached hydrogen (secondary N) is 2. The molecule has 1 amide bonds. The summed E-state index contributed by atoms with van der Waals surface area (Å²) in [5.74, 6) is 0.565. The zero-order valence-corrected chi connectivity index (χ0v) is 11.1. The van der Waals surface area contributed by atoms with Gasteiger partial charge in [0.2, 0.25) is 5.91 Å². The number of carbonyl (C=O) groups excluding carboxylic acids is 1. The fraction of sp³-hybridized carbons (Fsp3) is 0.583. The second kappa shape index (κ2) is 5.12. The van der Waals surface area contributed by atoms with Gasteiger partial charge in [0.1, 0.15) is 5.82 Å². The van der Waals surface area contributed by atoms with Crippen LogP contribution >= 0.6 is 0 Å². The van der Waals surface area contributed by atoms with Crippen molar-refractivity contribution in [1.29, 1.82) is 0 Å². The summed E-state index contributed by atoms with van der Waals surface area (Å²) < 4.78 is 0. The van der Waals surface area contributed by atoms with E-state index in [4.69, 9.17) is 0 Å². The summed E-state index contributed by atoms with van der Waals surface area (Å²) >= 11 is 0. The van der Waals surface area contributed by atoms with Gasteiger partial charge in [0.15, 0.2) is 0 Å². The van der Waals surface area contributed by atoms with Crippen LogP contribution in [0, 0.1) is 13.8 Å². The van der Waals surface area contributed by atoms with Crippen LogP contribution in [0.25, 0.3) is 0 Å². The van der Waals surface area contributed by atoms with Gasteiger partial charge in [-0.15, -0.1) is 0 Å². The third kappa shape index (κ3) is 4.80. The van der Waals surface area contributed by atoms with E-state index in [2.05, 4.69) is 20.6 Å². The highest BCUT2D eigenvalue weighted by atomic mass is 16.2. The molecule has 1 aromatic heterocycles. The number of carbonyl (C=O) groups is 1. The van der Waals surface area contributed by atoms with Crippen molar-refractivity contribution in [2.45, 2.75) is 40.2 Å². The van der Waals surface area contributed by atoms with Crippen LogP contribution in [0.15, 0.2) is 6.20 Å². The van der Waals surface area contributed by atoms with E-state index in [0.717, 1.165) is 11.4 Å². The Morgan fingerprint density at radius 2 is 1.94 bits per heavy atom. The maximum Gasteiger partial charge on any atom is 0.239 e. The summed E-state index contributed by atoms with van der Waals surface area (Å²) in [5, 5.41) is 5.82. The molecule has 0 aliphatic heterocycles. The molecular weight excluding hydrogens is 216 g/mol. The fourth-order valence-corrected chi connectivity index (χ4v) is 1.26. The predicted octanol–water partition coefficient (Wildman–Crippen LogP) is 1.42. The van der Waals surface area contributed by atoms with Crippen molar-refractivity contribution >= 4 is 11.7 Å². The average molecular weight is 236 g/mol. The molecule has 17 heavy (non-hydrogen) atoms. The lowest BCUT2D eigenvalue weighted by Gasteiger charge is -2.20. The van der Waals surface area contributed by atoms with E-state index >= 15 is 0 Å². The Balaban J connectivity index is 2.50. The minimum atomic E-state index is -0.215. The summed E-state index contributed by atoms with van der Waals surface area (Å²) in [6.07, 6.45) is 1.63. The lowest BCUT2D eigenvalue weighted by Crippen LogP contribution is -2.43. The quantitative estimate of drug-likeness (QED) is 0.833. The molecule has 0 unspecified atom stereocenters. The normalized spacial score (nSPS) is 11.1. The highest BCUT2D eigenvalue weighted by Gasteiger charge is 2.13. The van der Waals surface area contributed by atoms with Crippen LogP contribution in [0.1, 0.15) is 32.2 Å². The number of nitrogens with zero attached hydrogens (tertiary/aromatic N) is 2. The van der Waals surface area contributed by atoms with Gasteiger partial charge >= 0.3 is 0 Å². The molecule has 5 heteroatoms. The number of hydrogen-bond acceptors (Lipinski definition) is 4. The molecule has 0 atom stereocenters. The minimum absolute atomic E-state index is 0.0578. The van der Waals surface area contributed by atoms with Crippen molar-refractivity contribution in [3.8, 4) is 0 Å². The van der Waals surface area contributed by atoms with Crippen LogP contribution in [0.3, 0.4) is 0 Å². The zero-order valence-electron chi connectivity index (χ0n) is 11.1. The van der Waals surface area contributed by atoms with Crippen LogP contribution in [0.2, 0.25) is 0 Å². The Bertz CT molecular complexity index is 409. The molecule has 1 aromatic rings. The highest BCUT2D eigenvalue weighted by molar-refractivity contribution is 5.80. The maximum atomic E-state index is 11.6. The van der Waals surface area contributed by atoms with Gasteiger partial charge in [0.25, 0.3) is 0 Å². The molecule has 94 valence electrons. The summed E-state index contributed by atoms with van der Waals surface area (Å²) in [5.41, 5.74) is 1.55. The molecule has 0 spiro atoms. The van der Waals surface area contributed by atoms with E-state index in [-0.39, 0.29) is 18.0 Å². The zero-order chi connectivity index (χ0) is 13.1. The van der Waals surface area contributed by atoms with E-state index in [0.29, 0.717) is 5.82 Å². The van der Waals surface area contributed by atoms with Crippen LogP contribution in [-0.4, -0.2) is 28.0 Å². The second-order valence-corrected chi connectivity index (χ2v) is 5.08. The van der Waals surface area contributed by atoms with E-state index in [1.54, 1.807) is 6.20 Å². The van der Waals surface area contributed by atoms with Crippen molar-refractivity contribution in [3.63, 3.8) is 0 Å². The van der Waals surface area contributed by atoms with Gasteiger partial charge in [0, 0.05) is 5.54 Å². The van der Waals surface area contributed by atoms with Crippen molar-refractivity contribution < 1.29 is 4.79 Å². The molecule has 0 bridgehead atoms. The maximum absolute atomic E-state index is 11.6. The Labute approximate surface area is 102 Å². The number of amides is 1. The highest BCUT2D eigenvalue weighted by Crippen LogP contribution is 2.05. The molecule has 0 saturated heterocycles. The predicted molar refractivity (Wildman–Crippen MR) is 67.9 cm³/mol. The molecule has 0 radical (unpaired) electrons. The van der Waals surface area contributed by atoms with Gasteiger partial charge in [-0.3, -0.25) is 9.78 Å². The molecule has 1 rings (SSSR count). The number of aromatic nitrogens is 2. The van der Waals surface area contributed by atoms with Gasteiger partial charge in [-0.05, 0) is 34.6 Å². The number of rotatable bonds is 3. The number of anilines is 1. The van der Waals surface area contributed by atoms with Crippen LogP contribution in [0.5, 0.6) is 0 Å². The summed E-state index contributed by atoms with van der Waals surface area (Å²) in [6, 6.07) is 0. The lowest BCUT2D eigenvalue weighted by molar-refractivity contribution is -0.120. The number of aryl methyl sites for hydroxylation is 2. The SMILES string of the molecule is Cc1ncc(NCC(=O)NC(C)(C)C)nc1C. The molecule has 0 aliphatic rings. The van der Waals surface area contributed by atoms with Crippen molar-refractivity contribution in [1.82, 2.24) is 15.3 Å². The summed E-state index contributed by atoms with van der Waals surface area (Å²) in [7, 11) is 0. The Kier molecular flexibility index (Phi) is 4.04.